The summed E-state index contributed by atoms with van der Waals surface area (Å²) in [6.45, 7) is 3.90. The molecule has 0 spiro atoms. The number of ether oxygens (including phenoxy) is 2. The highest BCUT2D eigenvalue weighted by Crippen LogP contribution is 2.35. The van der Waals surface area contributed by atoms with Gasteiger partial charge in [0.2, 0.25) is 5.91 Å². The molecule has 158 valence electrons. The highest BCUT2D eigenvalue weighted by Gasteiger charge is 2.35. The second-order valence-corrected chi connectivity index (χ2v) is 8.10. The maximum absolute atomic E-state index is 12.0. The summed E-state index contributed by atoms with van der Waals surface area (Å²) >= 11 is 0. The molecule has 3 aromatic rings. The first-order chi connectivity index (χ1) is 14.6. The van der Waals surface area contributed by atoms with Gasteiger partial charge in [0, 0.05) is 31.8 Å². The third-order valence-corrected chi connectivity index (χ3v) is 5.89. The van der Waals surface area contributed by atoms with E-state index in [2.05, 4.69) is 20.9 Å². The van der Waals surface area contributed by atoms with Gasteiger partial charge in [-0.25, -0.2) is 4.52 Å². The van der Waals surface area contributed by atoms with Crippen molar-refractivity contribution in [3.8, 4) is 17.0 Å². The van der Waals surface area contributed by atoms with Crippen molar-refractivity contribution in [1.82, 2.24) is 20.1 Å². The van der Waals surface area contributed by atoms with E-state index in [4.69, 9.17) is 14.0 Å². The van der Waals surface area contributed by atoms with Gasteiger partial charge in [-0.15, -0.1) is 0 Å². The first-order valence-electron chi connectivity index (χ1n) is 10.2. The van der Waals surface area contributed by atoms with Crippen LogP contribution >= 0.6 is 0 Å². The molecule has 1 aliphatic carbocycles. The maximum Gasteiger partial charge on any atom is 0.262 e. The zero-order valence-corrected chi connectivity index (χ0v) is 17.1. The molecule has 0 radical (unpaired) electrons. The number of fused-ring (bicyclic) bond motifs is 1. The molecule has 9 heteroatoms. The molecule has 1 saturated carbocycles. The fraction of sp³-hybridized carbons (Fsp3) is 0.476. The number of rotatable bonds is 7. The van der Waals surface area contributed by atoms with Gasteiger partial charge in [0.05, 0.1) is 11.1 Å². The largest absolute Gasteiger partial charge is 0.472 e. The third-order valence-electron chi connectivity index (χ3n) is 5.89. The molecule has 1 aliphatic heterocycles. The van der Waals surface area contributed by atoms with Gasteiger partial charge in [0.25, 0.3) is 5.88 Å². The van der Waals surface area contributed by atoms with Crippen LogP contribution in [0.3, 0.4) is 0 Å². The number of carbonyl (C=O) groups excluding carboxylic acids is 1. The van der Waals surface area contributed by atoms with E-state index >= 15 is 0 Å². The van der Waals surface area contributed by atoms with E-state index in [9.17, 15) is 4.79 Å². The van der Waals surface area contributed by atoms with Gasteiger partial charge in [0.1, 0.15) is 18.0 Å². The van der Waals surface area contributed by atoms with Crippen molar-refractivity contribution >= 4 is 17.2 Å². The number of hydrogen-bond donors (Lipinski definition) is 2. The Morgan fingerprint density at radius 1 is 1.43 bits per heavy atom. The van der Waals surface area contributed by atoms with Crippen molar-refractivity contribution in [2.75, 3.05) is 32.1 Å². The molecule has 2 fully saturated rings. The predicted molar refractivity (Wildman–Crippen MR) is 110 cm³/mol. The fourth-order valence-corrected chi connectivity index (χ4v) is 3.84. The van der Waals surface area contributed by atoms with E-state index in [0.717, 1.165) is 49.0 Å². The standard InChI is InChI=1S/C21H25N5O4/c1-13-18(20(25-30-13)29-12-21(28-2)6-7-22-11-21)15-5-8-26-16(9-15)10-17(24-26)23-19(27)14-3-4-14/h5,8-10,14,22H,3-4,6-7,11-12H2,1-2H3,(H,23,24,27). The Kier molecular flexibility index (Phi) is 4.71. The van der Waals surface area contributed by atoms with Gasteiger partial charge in [-0.3, -0.25) is 4.79 Å². The number of hydrogen-bond acceptors (Lipinski definition) is 7. The molecular weight excluding hydrogens is 386 g/mol. The van der Waals surface area contributed by atoms with Crippen LogP contribution in [0.2, 0.25) is 0 Å². The van der Waals surface area contributed by atoms with Gasteiger partial charge < -0.3 is 24.6 Å². The smallest absolute Gasteiger partial charge is 0.262 e. The lowest BCUT2D eigenvalue weighted by Gasteiger charge is -2.25. The number of amides is 1. The maximum atomic E-state index is 12.0. The Balaban J connectivity index is 1.39. The molecule has 30 heavy (non-hydrogen) atoms. The molecule has 1 amide bonds. The minimum Gasteiger partial charge on any atom is -0.472 e. The van der Waals surface area contributed by atoms with Gasteiger partial charge in [-0.2, -0.15) is 5.10 Å². The van der Waals surface area contributed by atoms with Crippen molar-refractivity contribution in [2.45, 2.75) is 31.8 Å². The van der Waals surface area contributed by atoms with E-state index in [0.29, 0.717) is 24.1 Å². The first kappa shape index (κ1) is 19.1. The number of carbonyl (C=O) groups is 1. The molecule has 0 aromatic carbocycles. The number of nitrogens with one attached hydrogen (secondary N) is 2. The number of pyridine rings is 1. The Hall–Kier alpha value is -2.91. The van der Waals surface area contributed by atoms with Crippen molar-refractivity contribution in [1.29, 1.82) is 0 Å². The SMILES string of the molecule is COC1(COc2noc(C)c2-c2ccn3nc(NC(=O)C4CC4)cc3c2)CCNC1. The summed E-state index contributed by atoms with van der Waals surface area (Å²) in [7, 11) is 1.71. The molecule has 1 saturated heterocycles. The molecule has 4 heterocycles. The highest BCUT2D eigenvalue weighted by atomic mass is 16.6. The molecule has 9 nitrogen and oxygen atoms in total. The zero-order chi connectivity index (χ0) is 20.7. The van der Waals surface area contributed by atoms with E-state index in [1.165, 1.54) is 0 Å². The number of anilines is 1. The average molecular weight is 411 g/mol. The molecule has 5 rings (SSSR count). The van der Waals surface area contributed by atoms with Gasteiger partial charge >= 0.3 is 0 Å². The fourth-order valence-electron chi connectivity index (χ4n) is 3.84. The van der Waals surface area contributed by atoms with Crippen LogP contribution in [0.25, 0.3) is 16.6 Å². The topological polar surface area (TPSA) is 103 Å². The van der Waals surface area contributed by atoms with Crippen LogP contribution in [0.5, 0.6) is 5.88 Å². The van der Waals surface area contributed by atoms with Gasteiger partial charge in [-0.05, 0) is 55.6 Å². The van der Waals surface area contributed by atoms with Crippen molar-refractivity contribution < 1.29 is 18.8 Å². The number of methoxy groups -OCH3 is 1. The van der Waals surface area contributed by atoms with Crippen molar-refractivity contribution in [3.63, 3.8) is 0 Å². The summed E-state index contributed by atoms with van der Waals surface area (Å²) in [5, 5.41) is 14.7. The van der Waals surface area contributed by atoms with Crippen LogP contribution in [0.1, 0.15) is 25.0 Å². The van der Waals surface area contributed by atoms with Crippen LogP contribution < -0.4 is 15.4 Å². The summed E-state index contributed by atoms with van der Waals surface area (Å²) < 4.78 is 18.9. The lowest BCUT2D eigenvalue weighted by Crippen LogP contribution is -2.40. The monoisotopic (exact) mass is 411 g/mol. The van der Waals surface area contributed by atoms with E-state index in [-0.39, 0.29) is 17.4 Å². The summed E-state index contributed by atoms with van der Waals surface area (Å²) in [4.78, 5) is 12.0. The summed E-state index contributed by atoms with van der Waals surface area (Å²) in [6.07, 6.45) is 4.65. The molecule has 2 N–H and O–H groups in total. The van der Waals surface area contributed by atoms with Crippen LogP contribution in [0.4, 0.5) is 5.82 Å². The molecule has 1 unspecified atom stereocenters. The molecular formula is C21H25N5O4. The summed E-state index contributed by atoms with van der Waals surface area (Å²) in [5.41, 5.74) is 2.22. The van der Waals surface area contributed by atoms with E-state index < -0.39 is 0 Å². The van der Waals surface area contributed by atoms with Crippen LogP contribution in [0, 0.1) is 12.8 Å². The summed E-state index contributed by atoms with van der Waals surface area (Å²) in [6, 6.07) is 5.77. The van der Waals surface area contributed by atoms with Crippen LogP contribution in [0.15, 0.2) is 28.9 Å². The quantitative estimate of drug-likeness (QED) is 0.615. The minimum atomic E-state index is -0.353. The average Bonchev–Trinajstić information content (AvgIpc) is 3.19. The normalized spacial score (nSPS) is 21.3. The lowest BCUT2D eigenvalue weighted by molar-refractivity contribution is -0.117. The number of aryl methyl sites for hydroxylation is 1. The van der Waals surface area contributed by atoms with Crippen LogP contribution in [-0.2, 0) is 9.53 Å². The molecule has 1 atom stereocenters. The van der Waals surface area contributed by atoms with Crippen molar-refractivity contribution in [2.24, 2.45) is 5.92 Å². The van der Waals surface area contributed by atoms with Gasteiger partial charge in [-0.1, -0.05) is 0 Å². The first-order valence-corrected chi connectivity index (χ1v) is 10.2. The Bertz CT molecular complexity index is 1080. The van der Waals surface area contributed by atoms with E-state index in [1.54, 1.807) is 11.6 Å². The molecule has 3 aromatic heterocycles. The number of nitrogens with zero attached hydrogens (tertiary/aromatic N) is 3. The van der Waals surface area contributed by atoms with Crippen LogP contribution in [-0.4, -0.2) is 53.1 Å². The molecule has 2 aliphatic rings. The lowest BCUT2D eigenvalue weighted by atomic mass is 10.0. The molecule has 0 bridgehead atoms. The van der Waals surface area contributed by atoms with E-state index in [1.807, 2.05) is 31.3 Å². The predicted octanol–water partition coefficient (Wildman–Crippen LogP) is 2.40. The van der Waals surface area contributed by atoms with Crippen molar-refractivity contribution in [3.05, 3.63) is 30.2 Å². The Labute approximate surface area is 173 Å². The second-order valence-electron chi connectivity index (χ2n) is 8.10. The minimum absolute atomic E-state index is 0.0395. The Morgan fingerprint density at radius 3 is 3.03 bits per heavy atom. The third kappa shape index (κ3) is 3.54. The summed E-state index contributed by atoms with van der Waals surface area (Å²) in [5.74, 6) is 1.85. The Morgan fingerprint density at radius 2 is 2.30 bits per heavy atom. The zero-order valence-electron chi connectivity index (χ0n) is 17.1. The number of aromatic nitrogens is 3. The van der Waals surface area contributed by atoms with Gasteiger partial charge in [0.15, 0.2) is 5.82 Å². The highest BCUT2D eigenvalue weighted by molar-refractivity contribution is 5.93. The second kappa shape index (κ2) is 7.41.